The van der Waals surface area contributed by atoms with E-state index in [1.54, 1.807) is 6.20 Å². The van der Waals surface area contributed by atoms with Gasteiger partial charge >= 0.3 is 0 Å². The first kappa shape index (κ1) is 11.3. The molecule has 0 saturated carbocycles. The molecule has 0 N–H and O–H groups in total. The van der Waals surface area contributed by atoms with Crippen LogP contribution in [0.15, 0.2) is 12.3 Å². The molecule has 3 heteroatoms. The van der Waals surface area contributed by atoms with Crippen LogP contribution in [0.3, 0.4) is 0 Å². The van der Waals surface area contributed by atoms with Crippen LogP contribution in [-0.2, 0) is 0 Å². The number of halogens is 1. The summed E-state index contributed by atoms with van der Waals surface area (Å²) in [6, 6.07) is 1.96. The Bertz CT molecular complexity index is 310. The van der Waals surface area contributed by atoms with E-state index in [0.717, 1.165) is 5.56 Å². The lowest BCUT2D eigenvalue weighted by molar-refractivity contribution is 0.241. The second-order valence-corrected chi connectivity index (χ2v) is 4.24. The number of hydrogen-bond donors (Lipinski definition) is 0. The fraction of sp³-hybridized carbons (Fsp3) is 0.545. The lowest BCUT2D eigenvalue weighted by Gasteiger charge is -2.13. The Morgan fingerprint density at radius 2 is 1.93 bits per heavy atom. The highest BCUT2D eigenvalue weighted by atomic mass is 35.5. The van der Waals surface area contributed by atoms with Crippen molar-refractivity contribution in [3.05, 3.63) is 23.0 Å². The molecule has 14 heavy (non-hydrogen) atoms. The number of nitrogens with zero attached hydrogens (tertiary/aromatic N) is 1. The van der Waals surface area contributed by atoms with E-state index in [-0.39, 0.29) is 6.10 Å². The van der Waals surface area contributed by atoms with Crippen molar-refractivity contribution in [1.29, 1.82) is 0 Å². The maximum absolute atomic E-state index is 5.91. The van der Waals surface area contributed by atoms with Crippen molar-refractivity contribution in [1.82, 2.24) is 4.98 Å². The number of pyridine rings is 1. The van der Waals surface area contributed by atoms with Crippen molar-refractivity contribution in [2.75, 3.05) is 0 Å². The van der Waals surface area contributed by atoms with Crippen molar-refractivity contribution in [3.63, 3.8) is 0 Å². The smallest absolute Gasteiger partial charge is 0.171 e. The molecule has 1 rings (SSSR count). The number of aromatic nitrogens is 1. The summed E-state index contributed by atoms with van der Waals surface area (Å²) in [5.74, 6) is 1.11. The Balaban J connectivity index is 2.96. The Morgan fingerprint density at radius 3 is 2.43 bits per heavy atom. The first-order chi connectivity index (χ1) is 6.50. The summed E-state index contributed by atoms with van der Waals surface area (Å²) in [6.45, 7) is 8.17. The lowest BCUT2D eigenvalue weighted by atomic mass is 10.1. The molecule has 1 aromatic heterocycles. The highest BCUT2D eigenvalue weighted by Crippen LogP contribution is 2.26. The van der Waals surface area contributed by atoms with Gasteiger partial charge in [-0.2, -0.15) is 0 Å². The summed E-state index contributed by atoms with van der Waals surface area (Å²) in [4.78, 5) is 4.09. The molecule has 1 heterocycles. The highest BCUT2D eigenvalue weighted by molar-refractivity contribution is 6.30. The maximum Gasteiger partial charge on any atom is 0.171 e. The van der Waals surface area contributed by atoms with Gasteiger partial charge in [0.05, 0.1) is 6.10 Å². The lowest BCUT2D eigenvalue weighted by Crippen LogP contribution is -2.07. The molecule has 78 valence electrons. The van der Waals surface area contributed by atoms with Gasteiger partial charge in [-0.1, -0.05) is 25.4 Å². The maximum atomic E-state index is 5.91. The second kappa shape index (κ2) is 4.65. The van der Waals surface area contributed by atoms with Crippen molar-refractivity contribution in [2.24, 2.45) is 0 Å². The zero-order chi connectivity index (χ0) is 10.7. The first-order valence-electron chi connectivity index (χ1n) is 4.82. The van der Waals surface area contributed by atoms with Gasteiger partial charge in [0.1, 0.15) is 0 Å². The molecule has 1 aromatic rings. The van der Waals surface area contributed by atoms with E-state index in [9.17, 15) is 0 Å². The molecule has 0 saturated heterocycles. The van der Waals surface area contributed by atoms with Crippen LogP contribution < -0.4 is 4.74 Å². The van der Waals surface area contributed by atoms with Gasteiger partial charge in [0.15, 0.2) is 10.9 Å². The summed E-state index contributed by atoms with van der Waals surface area (Å²) in [5, 5.41) is 0.433. The summed E-state index contributed by atoms with van der Waals surface area (Å²) in [6.07, 6.45) is 1.91. The van der Waals surface area contributed by atoms with Gasteiger partial charge in [0, 0.05) is 6.20 Å². The standard InChI is InChI=1S/C11H16ClNO/c1-7(2)9-5-10(14-8(3)4)11(12)13-6-9/h5-8H,1-4H3. The van der Waals surface area contributed by atoms with Crippen LogP contribution in [0.1, 0.15) is 39.2 Å². The van der Waals surface area contributed by atoms with Gasteiger partial charge in [-0.15, -0.1) is 0 Å². The Hall–Kier alpha value is -0.760. The second-order valence-electron chi connectivity index (χ2n) is 3.88. The third-order valence-electron chi connectivity index (χ3n) is 1.86. The van der Waals surface area contributed by atoms with Gasteiger partial charge in [-0.3, -0.25) is 0 Å². The number of ether oxygens (including phenoxy) is 1. The quantitative estimate of drug-likeness (QED) is 0.716. The largest absolute Gasteiger partial charge is 0.488 e. The fourth-order valence-electron chi connectivity index (χ4n) is 1.10. The van der Waals surface area contributed by atoms with Gasteiger partial charge in [-0.05, 0) is 31.4 Å². The van der Waals surface area contributed by atoms with Crippen LogP contribution in [0.4, 0.5) is 0 Å². The van der Waals surface area contributed by atoms with Crippen LogP contribution in [0.25, 0.3) is 0 Å². The molecule has 0 aliphatic carbocycles. The molecule has 0 atom stereocenters. The predicted octanol–water partition coefficient (Wildman–Crippen LogP) is 3.65. The van der Waals surface area contributed by atoms with Gasteiger partial charge in [0.2, 0.25) is 0 Å². The predicted molar refractivity (Wildman–Crippen MR) is 59.1 cm³/mol. The molecule has 2 nitrogen and oxygen atoms in total. The minimum Gasteiger partial charge on any atom is -0.488 e. The summed E-state index contributed by atoms with van der Waals surface area (Å²) >= 11 is 5.91. The van der Waals surface area contributed by atoms with Crippen LogP contribution >= 0.6 is 11.6 Å². The van der Waals surface area contributed by atoms with Crippen molar-refractivity contribution in [3.8, 4) is 5.75 Å². The zero-order valence-electron chi connectivity index (χ0n) is 9.04. The third-order valence-corrected chi connectivity index (χ3v) is 2.14. The van der Waals surface area contributed by atoms with Crippen molar-refractivity contribution >= 4 is 11.6 Å². The Morgan fingerprint density at radius 1 is 1.29 bits per heavy atom. The third kappa shape index (κ3) is 2.88. The van der Waals surface area contributed by atoms with Crippen LogP contribution in [0.5, 0.6) is 5.75 Å². The van der Waals surface area contributed by atoms with E-state index < -0.39 is 0 Å². The van der Waals surface area contributed by atoms with E-state index in [1.165, 1.54) is 0 Å². The van der Waals surface area contributed by atoms with Crippen LogP contribution in [-0.4, -0.2) is 11.1 Å². The summed E-state index contributed by atoms with van der Waals surface area (Å²) in [7, 11) is 0. The van der Waals surface area contributed by atoms with Crippen LogP contribution in [0.2, 0.25) is 5.15 Å². The summed E-state index contributed by atoms with van der Waals surface area (Å²) < 4.78 is 5.54. The molecular weight excluding hydrogens is 198 g/mol. The minimum absolute atomic E-state index is 0.122. The molecule has 0 fully saturated rings. The molecule has 0 aliphatic heterocycles. The van der Waals surface area contributed by atoms with Gasteiger partial charge in [0.25, 0.3) is 0 Å². The molecular formula is C11H16ClNO. The molecule has 0 radical (unpaired) electrons. The molecule has 0 aromatic carbocycles. The van der Waals surface area contributed by atoms with E-state index in [4.69, 9.17) is 16.3 Å². The zero-order valence-corrected chi connectivity index (χ0v) is 9.80. The van der Waals surface area contributed by atoms with Gasteiger partial charge in [-0.25, -0.2) is 4.98 Å². The van der Waals surface area contributed by atoms with E-state index in [2.05, 4.69) is 18.8 Å². The molecule has 0 amide bonds. The van der Waals surface area contributed by atoms with Crippen molar-refractivity contribution in [2.45, 2.75) is 39.7 Å². The highest BCUT2D eigenvalue weighted by Gasteiger charge is 2.08. The minimum atomic E-state index is 0.122. The average Bonchev–Trinajstić information content (AvgIpc) is 2.07. The molecule has 0 unspecified atom stereocenters. The van der Waals surface area contributed by atoms with E-state index in [1.807, 2.05) is 19.9 Å². The van der Waals surface area contributed by atoms with Crippen LogP contribution in [0, 0.1) is 0 Å². The normalized spacial score (nSPS) is 11.1. The van der Waals surface area contributed by atoms with E-state index >= 15 is 0 Å². The van der Waals surface area contributed by atoms with Crippen molar-refractivity contribution < 1.29 is 4.74 Å². The Kier molecular flexibility index (Phi) is 3.76. The summed E-state index contributed by atoms with van der Waals surface area (Å²) in [5.41, 5.74) is 1.14. The number of hydrogen-bond acceptors (Lipinski definition) is 2. The SMILES string of the molecule is CC(C)Oc1cc(C(C)C)cnc1Cl. The first-order valence-corrected chi connectivity index (χ1v) is 5.20. The molecule has 0 bridgehead atoms. The Labute approximate surface area is 90.3 Å². The monoisotopic (exact) mass is 213 g/mol. The molecule has 0 spiro atoms. The fourth-order valence-corrected chi connectivity index (χ4v) is 1.24. The average molecular weight is 214 g/mol. The van der Waals surface area contributed by atoms with E-state index in [0.29, 0.717) is 16.8 Å². The number of rotatable bonds is 3. The molecule has 0 aliphatic rings. The van der Waals surface area contributed by atoms with Gasteiger partial charge < -0.3 is 4.74 Å². The topological polar surface area (TPSA) is 22.1 Å².